The van der Waals surface area contributed by atoms with Gasteiger partial charge >= 0.3 is 5.69 Å². The Morgan fingerprint density at radius 3 is 2.84 bits per heavy atom. The van der Waals surface area contributed by atoms with Crippen LogP contribution < -0.4 is 17.1 Å². The second kappa shape index (κ2) is 7.60. The number of nitrogens with one attached hydrogen (secondary N) is 1. The standard InChI is InChI=1S/C18H21N3O4/c1-12-10-21(18(23)20-17(12)22)16-9-14(15(25-16)11-24-19)8-7-13-5-3-2-4-6-13/h2-8,10,14-16H,9,11,19H2,1H3,(H,20,22,23)/t14-,15+,16+/m0/s1. The van der Waals surface area contributed by atoms with Gasteiger partial charge < -0.3 is 9.57 Å². The molecule has 1 aromatic carbocycles. The summed E-state index contributed by atoms with van der Waals surface area (Å²) in [6, 6.07) is 9.91. The monoisotopic (exact) mass is 343 g/mol. The van der Waals surface area contributed by atoms with Crippen LogP contribution in [-0.2, 0) is 9.57 Å². The van der Waals surface area contributed by atoms with Gasteiger partial charge in [0.05, 0.1) is 12.7 Å². The highest BCUT2D eigenvalue weighted by Gasteiger charge is 2.35. The molecule has 1 fully saturated rings. The highest BCUT2D eigenvalue weighted by atomic mass is 16.6. The molecule has 0 spiro atoms. The van der Waals surface area contributed by atoms with Crippen molar-refractivity contribution in [2.45, 2.75) is 25.7 Å². The van der Waals surface area contributed by atoms with Gasteiger partial charge in [-0.3, -0.25) is 14.3 Å². The zero-order valence-corrected chi connectivity index (χ0v) is 13.9. The normalized spacial score (nSPS) is 23.4. The zero-order valence-electron chi connectivity index (χ0n) is 13.9. The van der Waals surface area contributed by atoms with Gasteiger partial charge in [-0.15, -0.1) is 0 Å². The SMILES string of the molecule is Cc1cn([C@H]2C[C@H](C=Cc3ccccc3)[C@@H](CON)O2)c(=O)[nH]c1=O. The number of hydrogen-bond donors (Lipinski definition) is 2. The van der Waals surface area contributed by atoms with Crippen molar-refractivity contribution in [1.82, 2.24) is 9.55 Å². The van der Waals surface area contributed by atoms with E-state index >= 15 is 0 Å². The van der Waals surface area contributed by atoms with Crippen LogP contribution in [0.3, 0.4) is 0 Å². The number of nitrogens with two attached hydrogens (primary N) is 1. The molecule has 0 bridgehead atoms. The van der Waals surface area contributed by atoms with E-state index in [4.69, 9.17) is 15.5 Å². The molecule has 7 nitrogen and oxygen atoms in total. The van der Waals surface area contributed by atoms with Gasteiger partial charge in [0.1, 0.15) is 6.23 Å². The Labute approximate surface area is 144 Å². The first-order valence-electron chi connectivity index (χ1n) is 8.11. The topological polar surface area (TPSA) is 99.3 Å². The van der Waals surface area contributed by atoms with Crippen LogP contribution in [0.25, 0.3) is 6.08 Å². The van der Waals surface area contributed by atoms with E-state index < -0.39 is 11.9 Å². The molecule has 132 valence electrons. The van der Waals surface area contributed by atoms with E-state index in [1.54, 1.807) is 6.92 Å². The average Bonchev–Trinajstić information content (AvgIpc) is 3.00. The summed E-state index contributed by atoms with van der Waals surface area (Å²) < 4.78 is 7.36. The van der Waals surface area contributed by atoms with Crippen LogP contribution >= 0.6 is 0 Å². The molecule has 7 heteroatoms. The first-order valence-corrected chi connectivity index (χ1v) is 8.11. The van der Waals surface area contributed by atoms with Crippen LogP contribution in [0.15, 0.2) is 52.2 Å². The lowest BCUT2D eigenvalue weighted by Gasteiger charge is -2.15. The largest absolute Gasteiger partial charge is 0.352 e. The lowest BCUT2D eigenvalue weighted by atomic mass is 9.99. The number of nitrogens with zero attached hydrogens (tertiary/aromatic N) is 1. The number of aromatic nitrogens is 2. The highest BCUT2D eigenvalue weighted by molar-refractivity contribution is 5.49. The number of H-pyrrole nitrogens is 1. The van der Waals surface area contributed by atoms with E-state index in [1.165, 1.54) is 10.8 Å². The minimum absolute atomic E-state index is 0.0351. The molecule has 3 N–H and O–H groups in total. The van der Waals surface area contributed by atoms with E-state index in [0.29, 0.717) is 12.0 Å². The molecule has 25 heavy (non-hydrogen) atoms. The smallest absolute Gasteiger partial charge is 0.330 e. The first kappa shape index (κ1) is 17.3. The second-order valence-electron chi connectivity index (χ2n) is 6.11. The van der Waals surface area contributed by atoms with E-state index in [0.717, 1.165) is 5.56 Å². The zero-order chi connectivity index (χ0) is 17.8. The Bertz CT molecular complexity index is 857. The minimum atomic E-state index is -0.485. The molecule has 0 radical (unpaired) electrons. The number of aryl methyl sites for hydroxylation is 1. The van der Waals surface area contributed by atoms with E-state index in [1.807, 2.05) is 42.5 Å². The van der Waals surface area contributed by atoms with Gasteiger partial charge in [0.2, 0.25) is 0 Å². The van der Waals surface area contributed by atoms with Gasteiger partial charge in [0.25, 0.3) is 5.56 Å². The number of ether oxygens (including phenoxy) is 1. The average molecular weight is 343 g/mol. The summed E-state index contributed by atoms with van der Waals surface area (Å²) in [6.45, 7) is 1.87. The van der Waals surface area contributed by atoms with Crippen molar-refractivity contribution in [2.75, 3.05) is 6.61 Å². The third kappa shape index (κ3) is 3.96. The van der Waals surface area contributed by atoms with Crippen molar-refractivity contribution < 1.29 is 9.57 Å². The van der Waals surface area contributed by atoms with Gasteiger partial charge in [-0.1, -0.05) is 42.5 Å². The summed E-state index contributed by atoms with van der Waals surface area (Å²) >= 11 is 0. The molecule has 3 rings (SSSR count). The number of benzene rings is 1. The molecule has 0 aliphatic carbocycles. The summed E-state index contributed by atoms with van der Waals surface area (Å²) in [6.07, 6.45) is 5.42. The number of aromatic amines is 1. The molecule has 2 aromatic rings. The van der Waals surface area contributed by atoms with Crippen LogP contribution in [0, 0.1) is 12.8 Å². The third-order valence-corrected chi connectivity index (χ3v) is 4.34. The van der Waals surface area contributed by atoms with E-state index in [9.17, 15) is 9.59 Å². The maximum absolute atomic E-state index is 12.1. The number of hydrogen-bond acceptors (Lipinski definition) is 5. The van der Waals surface area contributed by atoms with E-state index in [2.05, 4.69) is 4.98 Å². The maximum Gasteiger partial charge on any atom is 0.330 e. The van der Waals surface area contributed by atoms with Crippen molar-refractivity contribution in [3.05, 3.63) is 74.6 Å². The lowest BCUT2D eigenvalue weighted by Crippen LogP contribution is -2.33. The van der Waals surface area contributed by atoms with Crippen LogP contribution in [0.2, 0.25) is 0 Å². The lowest BCUT2D eigenvalue weighted by molar-refractivity contribution is -0.0485. The molecule has 1 saturated heterocycles. The quantitative estimate of drug-likeness (QED) is 0.799. The Kier molecular flexibility index (Phi) is 5.28. The predicted molar refractivity (Wildman–Crippen MR) is 93.7 cm³/mol. The van der Waals surface area contributed by atoms with Crippen LogP contribution in [-0.4, -0.2) is 22.3 Å². The summed E-state index contributed by atoms with van der Waals surface area (Å²) in [5.41, 5.74) is 0.663. The predicted octanol–water partition coefficient (Wildman–Crippen LogP) is 1.35. The molecule has 3 atom stereocenters. The van der Waals surface area contributed by atoms with Gasteiger partial charge in [-0.05, 0) is 12.5 Å². The Balaban J connectivity index is 1.83. The summed E-state index contributed by atoms with van der Waals surface area (Å²) in [5, 5.41) is 0. The van der Waals surface area contributed by atoms with Crippen molar-refractivity contribution in [1.29, 1.82) is 0 Å². The van der Waals surface area contributed by atoms with Crippen molar-refractivity contribution in [3.63, 3.8) is 0 Å². The van der Waals surface area contributed by atoms with Gasteiger partial charge in [-0.2, -0.15) is 0 Å². The summed E-state index contributed by atoms with van der Waals surface area (Å²) in [5.74, 6) is 5.25. The fourth-order valence-electron chi connectivity index (χ4n) is 2.98. The van der Waals surface area contributed by atoms with Crippen molar-refractivity contribution >= 4 is 6.08 Å². The molecular formula is C18H21N3O4. The van der Waals surface area contributed by atoms with Crippen LogP contribution in [0.5, 0.6) is 0 Å². The second-order valence-corrected chi connectivity index (χ2v) is 6.11. The summed E-state index contributed by atoms with van der Waals surface area (Å²) in [4.78, 5) is 30.7. The molecule has 1 aliphatic rings. The molecule has 0 unspecified atom stereocenters. The molecule has 2 heterocycles. The maximum atomic E-state index is 12.1. The fraction of sp³-hybridized carbons (Fsp3) is 0.333. The Hall–Kier alpha value is -2.48. The number of rotatable bonds is 5. The van der Waals surface area contributed by atoms with E-state index in [-0.39, 0.29) is 24.2 Å². The molecule has 1 aromatic heterocycles. The molecule has 0 saturated carbocycles. The third-order valence-electron chi connectivity index (χ3n) is 4.34. The fourth-order valence-corrected chi connectivity index (χ4v) is 2.98. The van der Waals surface area contributed by atoms with Gasteiger partial charge in [0, 0.05) is 24.1 Å². The van der Waals surface area contributed by atoms with Gasteiger partial charge in [0.15, 0.2) is 0 Å². The highest BCUT2D eigenvalue weighted by Crippen LogP contribution is 2.34. The Morgan fingerprint density at radius 1 is 1.36 bits per heavy atom. The Morgan fingerprint density at radius 2 is 2.12 bits per heavy atom. The van der Waals surface area contributed by atoms with Crippen molar-refractivity contribution in [2.24, 2.45) is 11.8 Å². The van der Waals surface area contributed by atoms with Crippen LogP contribution in [0.4, 0.5) is 0 Å². The molecular weight excluding hydrogens is 322 g/mol. The molecule has 0 amide bonds. The minimum Gasteiger partial charge on any atom is -0.352 e. The van der Waals surface area contributed by atoms with Gasteiger partial charge in [-0.25, -0.2) is 10.7 Å². The van der Waals surface area contributed by atoms with Crippen molar-refractivity contribution in [3.8, 4) is 0 Å². The van der Waals surface area contributed by atoms with Crippen LogP contribution in [0.1, 0.15) is 23.8 Å². The molecule has 1 aliphatic heterocycles. The first-order chi connectivity index (χ1) is 12.1. The summed E-state index contributed by atoms with van der Waals surface area (Å²) in [7, 11) is 0.